The Morgan fingerprint density at radius 3 is 2.83 bits per heavy atom. The molecule has 12 heavy (non-hydrogen) atoms. The molecule has 62 valence electrons. The van der Waals surface area contributed by atoms with Gasteiger partial charge in [0.2, 0.25) is 0 Å². The summed E-state index contributed by atoms with van der Waals surface area (Å²) in [6.07, 6.45) is 2.02. The number of anilines is 1. The normalized spacial score (nSPS) is 10.8. The fraction of sp³-hybridized carbons (Fsp3) is 0.111. The van der Waals surface area contributed by atoms with Gasteiger partial charge in [-0.2, -0.15) is 0 Å². The number of fused-ring (bicyclic) bond motifs is 1. The number of nitrogen functional groups attached to an aromatic ring is 1. The van der Waals surface area contributed by atoms with E-state index in [1.54, 1.807) is 0 Å². The number of hydrogen-bond donors (Lipinski definition) is 1. The Labute approximate surface area is 79.1 Å². The number of hydrogen-bond acceptors (Lipinski definition) is 1. The first-order valence-electron chi connectivity index (χ1n) is 3.69. The first-order valence-corrected chi connectivity index (χ1v) is 4.48. The monoisotopic (exact) mass is 224 g/mol. The molecule has 2 rings (SSSR count). The maximum Gasteiger partial charge on any atom is 0.0498 e. The molecule has 0 bridgehead atoms. The fourth-order valence-corrected chi connectivity index (χ4v) is 1.80. The van der Waals surface area contributed by atoms with Crippen molar-refractivity contribution in [1.82, 2.24) is 4.57 Å². The lowest BCUT2D eigenvalue weighted by Crippen LogP contribution is -1.88. The van der Waals surface area contributed by atoms with E-state index in [0.29, 0.717) is 0 Å². The average Bonchev–Trinajstić information content (AvgIpc) is 2.41. The van der Waals surface area contributed by atoms with Gasteiger partial charge in [-0.05, 0) is 34.1 Å². The second-order valence-electron chi connectivity index (χ2n) is 2.83. The first kappa shape index (κ1) is 7.68. The molecule has 1 aromatic heterocycles. The zero-order chi connectivity index (χ0) is 8.72. The smallest absolute Gasteiger partial charge is 0.0498 e. The summed E-state index contributed by atoms with van der Waals surface area (Å²) in [6.45, 7) is 0. The van der Waals surface area contributed by atoms with Gasteiger partial charge in [0.25, 0.3) is 0 Å². The lowest BCUT2D eigenvalue weighted by atomic mass is 10.2. The van der Waals surface area contributed by atoms with Crippen LogP contribution in [0.15, 0.2) is 28.9 Å². The molecule has 0 spiro atoms. The summed E-state index contributed by atoms with van der Waals surface area (Å²) in [6, 6.07) is 5.98. The SMILES string of the molecule is Cn1ccc2c(Br)c(N)ccc21. The van der Waals surface area contributed by atoms with Gasteiger partial charge in [-0.1, -0.05) is 0 Å². The van der Waals surface area contributed by atoms with Crippen LogP contribution >= 0.6 is 15.9 Å². The quantitative estimate of drug-likeness (QED) is 0.686. The van der Waals surface area contributed by atoms with Gasteiger partial charge in [-0.3, -0.25) is 0 Å². The second-order valence-corrected chi connectivity index (χ2v) is 3.62. The summed E-state index contributed by atoms with van der Waals surface area (Å²) in [5.74, 6) is 0. The Kier molecular flexibility index (Phi) is 1.61. The van der Waals surface area contributed by atoms with Crippen LogP contribution in [0.5, 0.6) is 0 Å². The molecule has 2 nitrogen and oxygen atoms in total. The largest absolute Gasteiger partial charge is 0.398 e. The van der Waals surface area contributed by atoms with Crippen molar-refractivity contribution in [3.8, 4) is 0 Å². The minimum Gasteiger partial charge on any atom is -0.398 e. The summed E-state index contributed by atoms with van der Waals surface area (Å²) in [5.41, 5.74) is 7.72. The van der Waals surface area contributed by atoms with Gasteiger partial charge in [0.05, 0.1) is 0 Å². The molecule has 0 aliphatic heterocycles. The van der Waals surface area contributed by atoms with E-state index in [4.69, 9.17) is 5.73 Å². The zero-order valence-corrected chi connectivity index (χ0v) is 8.30. The highest BCUT2D eigenvalue weighted by Crippen LogP contribution is 2.29. The summed E-state index contributed by atoms with van der Waals surface area (Å²) in [4.78, 5) is 0. The maximum absolute atomic E-state index is 5.74. The number of nitrogens with two attached hydrogens (primary N) is 1. The van der Waals surface area contributed by atoms with Gasteiger partial charge in [0.15, 0.2) is 0 Å². The van der Waals surface area contributed by atoms with Crippen LogP contribution in [-0.2, 0) is 7.05 Å². The third kappa shape index (κ3) is 0.932. The van der Waals surface area contributed by atoms with Gasteiger partial charge >= 0.3 is 0 Å². The van der Waals surface area contributed by atoms with Crippen molar-refractivity contribution in [3.63, 3.8) is 0 Å². The van der Waals surface area contributed by atoms with Crippen molar-refractivity contribution < 1.29 is 0 Å². The molecule has 0 aliphatic carbocycles. The van der Waals surface area contributed by atoms with Gasteiger partial charge < -0.3 is 10.3 Å². The van der Waals surface area contributed by atoms with E-state index in [2.05, 4.69) is 26.6 Å². The average molecular weight is 225 g/mol. The molecule has 0 unspecified atom stereocenters. The predicted molar refractivity (Wildman–Crippen MR) is 55.0 cm³/mol. The van der Waals surface area contributed by atoms with E-state index >= 15 is 0 Å². The minimum atomic E-state index is 0.786. The molecule has 1 aromatic carbocycles. The lowest BCUT2D eigenvalue weighted by Gasteiger charge is -2.00. The van der Waals surface area contributed by atoms with Crippen LogP contribution in [0.2, 0.25) is 0 Å². The van der Waals surface area contributed by atoms with E-state index in [9.17, 15) is 0 Å². The molecule has 2 aromatic rings. The number of rotatable bonds is 0. The number of nitrogens with zero attached hydrogens (tertiary/aromatic N) is 1. The highest BCUT2D eigenvalue weighted by atomic mass is 79.9. The van der Waals surface area contributed by atoms with Crippen LogP contribution in [-0.4, -0.2) is 4.57 Å². The molecule has 0 fully saturated rings. The first-order chi connectivity index (χ1) is 5.70. The van der Waals surface area contributed by atoms with Crippen molar-refractivity contribution in [2.45, 2.75) is 0 Å². The molecule has 0 saturated carbocycles. The highest BCUT2D eigenvalue weighted by molar-refractivity contribution is 9.10. The predicted octanol–water partition coefficient (Wildman–Crippen LogP) is 2.52. The third-order valence-corrected chi connectivity index (χ3v) is 2.92. The van der Waals surface area contributed by atoms with Crippen LogP contribution in [0, 0.1) is 0 Å². The number of aryl methyl sites for hydroxylation is 1. The molecule has 0 radical (unpaired) electrons. The number of aromatic nitrogens is 1. The van der Waals surface area contributed by atoms with Crippen LogP contribution < -0.4 is 5.73 Å². The molecule has 0 aliphatic rings. The highest BCUT2D eigenvalue weighted by Gasteiger charge is 2.03. The van der Waals surface area contributed by atoms with Crippen LogP contribution in [0.4, 0.5) is 5.69 Å². The van der Waals surface area contributed by atoms with Gasteiger partial charge in [0, 0.05) is 34.3 Å². The molecular formula is C9H9BrN2. The molecule has 1 heterocycles. The molecule has 0 atom stereocenters. The molecule has 0 saturated heterocycles. The summed E-state index contributed by atoms with van der Waals surface area (Å²) < 4.78 is 3.06. The van der Waals surface area contributed by atoms with E-state index in [1.807, 2.05) is 25.4 Å². The second kappa shape index (κ2) is 2.52. The summed E-state index contributed by atoms with van der Waals surface area (Å²) >= 11 is 3.46. The Hall–Kier alpha value is -0.960. The Morgan fingerprint density at radius 1 is 1.33 bits per heavy atom. The fourth-order valence-electron chi connectivity index (χ4n) is 1.33. The topological polar surface area (TPSA) is 30.9 Å². The van der Waals surface area contributed by atoms with Crippen molar-refractivity contribution in [3.05, 3.63) is 28.9 Å². The summed E-state index contributed by atoms with van der Waals surface area (Å²) in [7, 11) is 2.02. The Balaban J connectivity index is 2.93. The number of halogens is 1. The zero-order valence-electron chi connectivity index (χ0n) is 6.71. The van der Waals surface area contributed by atoms with Crippen molar-refractivity contribution in [2.75, 3.05) is 5.73 Å². The van der Waals surface area contributed by atoms with Gasteiger partial charge in [0.1, 0.15) is 0 Å². The maximum atomic E-state index is 5.74. The van der Waals surface area contributed by atoms with Crippen LogP contribution in [0.1, 0.15) is 0 Å². The Bertz CT molecular complexity index is 431. The minimum absolute atomic E-state index is 0.786. The van der Waals surface area contributed by atoms with Crippen molar-refractivity contribution in [1.29, 1.82) is 0 Å². The van der Waals surface area contributed by atoms with Crippen LogP contribution in [0.3, 0.4) is 0 Å². The van der Waals surface area contributed by atoms with E-state index < -0.39 is 0 Å². The van der Waals surface area contributed by atoms with E-state index in [0.717, 1.165) is 15.5 Å². The Morgan fingerprint density at radius 2 is 2.08 bits per heavy atom. The molecule has 2 N–H and O–H groups in total. The van der Waals surface area contributed by atoms with Gasteiger partial charge in [-0.15, -0.1) is 0 Å². The van der Waals surface area contributed by atoms with E-state index in [1.165, 1.54) is 5.52 Å². The lowest BCUT2D eigenvalue weighted by molar-refractivity contribution is 0.969. The van der Waals surface area contributed by atoms with Crippen molar-refractivity contribution >= 4 is 32.5 Å². The summed E-state index contributed by atoms with van der Waals surface area (Å²) in [5, 5.41) is 1.16. The molecular weight excluding hydrogens is 216 g/mol. The third-order valence-electron chi connectivity index (χ3n) is 2.03. The molecule has 0 amide bonds. The molecule has 3 heteroatoms. The van der Waals surface area contributed by atoms with E-state index in [-0.39, 0.29) is 0 Å². The van der Waals surface area contributed by atoms with Crippen LogP contribution in [0.25, 0.3) is 10.9 Å². The number of benzene rings is 1. The van der Waals surface area contributed by atoms with Gasteiger partial charge in [-0.25, -0.2) is 0 Å². The standard InChI is InChI=1S/C9H9BrN2/c1-12-5-4-6-8(12)3-2-7(11)9(6)10/h2-5H,11H2,1H3. The van der Waals surface area contributed by atoms with Crippen molar-refractivity contribution in [2.24, 2.45) is 7.05 Å².